The van der Waals surface area contributed by atoms with Gasteiger partial charge in [0.25, 0.3) is 0 Å². The second-order valence-electron chi connectivity index (χ2n) is 6.88. The number of hydrogen-bond acceptors (Lipinski definition) is 4. The molecule has 1 N–H and O–H groups in total. The lowest BCUT2D eigenvalue weighted by molar-refractivity contribution is -0.0870. The molecular weight excluding hydrogens is 250 g/mol. The van der Waals surface area contributed by atoms with Crippen LogP contribution in [-0.4, -0.2) is 48.8 Å². The second kappa shape index (κ2) is 6.43. The molecule has 0 spiro atoms. The van der Waals surface area contributed by atoms with Crippen molar-refractivity contribution in [3.8, 4) is 6.07 Å². The van der Waals surface area contributed by atoms with Crippen molar-refractivity contribution in [1.82, 2.24) is 10.2 Å². The number of rotatable bonds is 5. The number of hydrogen-bond donors (Lipinski definition) is 1. The van der Waals surface area contributed by atoms with Crippen LogP contribution in [0, 0.1) is 17.2 Å². The summed E-state index contributed by atoms with van der Waals surface area (Å²) in [5.74, 6) is 0.499. The number of ether oxygens (including phenoxy) is 1. The summed E-state index contributed by atoms with van der Waals surface area (Å²) in [7, 11) is 0. The van der Waals surface area contributed by atoms with Crippen molar-refractivity contribution in [3.05, 3.63) is 0 Å². The highest BCUT2D eigenvalue weighted by molar-refractivity contribution is 5.14. The molecule has 4 nitrogen and oxygen atoms in total. The van der Waals surface area contributed by atoms with Crippen LogP contribution < -0.4 is 5.32 Å². The van der Waals surface area contributed by atoms with Gasteiger partial charge in [0.2, 0.25) is 0 Å². The van der Waals surface area contributed by atoms with Crippen molar-refractivity contribution in [1.29, 1.82) is 5.26 Å². The van der Waals surface area contributed by atoms with Gasteiger partial charge < -0.3 is 4.74 Å². The summed E-state index contributed by atoms with van der Waals surface area (Å²) in [6.07, 6.45) is 4.50. The third-order valence-electron chi connectivity index (χ3n) is 4.81. The van der Waals surface area contributed by atoms with Gasteiger partial charge in [-0.05, 0) is 52.1 Å². The lowest BCUT2D eigenvalue weighted by Crippen LogP contribution is -2.50. The molecule has 2 aliphatic rings. The SMILES string of the molecule is CCNC1(C#N)CCCC1CCN1CCOC(C)(C)C1. The molecule has 2 rings (SSSR count). The average Bonchev–Trinajstić information content (AvgIpc) is 2.79. The van der Waals surface area contributed by atoms with Crippen molar-refractivity contribution in [2.45, 2.75) is 57.6 Å². The molecule has 4 heteroatoms. The molecule has 0 aromatic rings. The molecule has 0 radical (unpaired) electrons. The fourth-order valence-electron chi connectivity index (χ4n) is 3.85. The lowest BCUT2D eigenvalue weighted by atomic mass is 9.85. The molecule has 1 aliphatic heterocycles. The maximum absolute atomic E-state index is 9.59. The summed E-state index contributed by atoms with van der Waals surface area (Å²) < 4.78 is 5.76. The van der Waals surface area contributed by atoms with E-state index in [-0.39, 0.29) is 11.1 Å². The van der Waals surface area contributed by atoms with Crippen LogP contribution >= 0.6 is 0 Å². The molecule has 0 amide bonds. The van der Waals surface area contributed by atoms with E-state index in [2.05, 4.69) is 37.1 Å². The Morgan fingerprint density at radius 3 is 2.90 bits per heavy atom. The first-order chi connectivity index (χ1) is 9.51. The van der Waals surface area contributed by atoms with Crippen LogP contribution in [0.4, 0.5) is 0 Å². The number of nitriles is 1. The minimum absolute atomic E-state index is 0.0259. The van der Waals surface area contributed by atoms with Gasteiger partial charge in [0.05, 0.1) is 18.3 Å². The standard InChI is InChI=1S/C16H29N3O/c1-4-18-16(12-17)8-5-6-14(16)7-9-19-10-11-20-15(2,3)13-19/h14,18H,4-11,13H2,1-3H3. The van der Waals surface area contributed by atoms with Gasteiger partial charge in [-0.15, -0.1) is 0 Å². The van der Waals surface area contributed by atoms with E-state index >= 15 is 0 Å². The zero-order valence-corrected chi connectivity index (χ0v) is 13.2. The maximum atomic E-state index is 9.59. The zero-order chi connectivity index (χ0) is 14.6. The summed E-state index contributed by atoms with van der Waals surface area (Å²) in [4.78, 5) is 2.50. The lowest BCUT2D eigenvalue weighted by Gasteiger charge is -2.39. The Labute approximate surface area is 123 Å². The molecule has 1 heterocycles. The van der Waals surface area contributed by atoms with Crippen molar-refractivity contribution < 1.29 is 4.74 Å². The molecular formula is C16H29N3O. The predicted molar refractivity (Wildman–Crippen MR) is 80.4 cm³/mol. The monoisotopic (exact) mass is 279 g/mol. The maximum Gasteiger partial charge on any atom is 0.109 e. The molecule has 0 aromatic carbocycles. The highest BCUT2D eigenvalue weighted by atomic mass is 16.5. The van der Waals surface area contributed by atoms with E-state index < -0.39 is 0 Å². The molecule has 2 atom stereocenters. The topological polar surface area (TPSA) is 48.3 Å². The minimum Gasteiger partial charge on any atom is -0.373 e. The third-order valence-corrected chi connectivity index (χ3v) is 4.81. The van der Waals surface area contributed by atoms with Gasteiger partial charge in [0, 0.05) is 13.1 Å². The first-order valence-electron chi connectivity index (χ1n) is 8.04. The Hall–Kier alpha value is -0.630. The summed E-state index contributed by atoms with van der Waals surface area (Å²) in [5.41, 5.74) is -0.293. The third kappa shape index (κ3) is 3.52. The Balaban J connectivity index is 1.88. The number of nitrogens with one attached hydrogen (secondary N) is 1. The summed E-state index contributed by atoms with van der Waals surface area (Å²) in [6.45, 7) is 11.2. The highest BCUT2D eigenvalue weighted by Gasteiger charge is 2.42. The van der Waals surface area contributed by atoms with Crippen molar-refractivity contribution in [3.63, 3.8) is 0 Å². The Kier molecular flexibility index (Phi) is 5.06. The first-order valence-corrected chi connectivity index (χ1v) is 8.04. The molecule has 1 saturated heterocycles. The van der Waals surface area contributed by atoms with E-state index in [0.717, 1.165) is 45.6 Å². The predicted octanol–water partition coefficient (Wildman–Crippen LogP) is 2.16. The van der Waals surface area contributed by atoms with E-state index in [0.29, 0.717) is 5.92 Å². The summed E-state index contributed by atoms with van der Waals surface area (Å²) >= 11 is 0. The van der Waals surface area contributed by atoms with Crippen LogP contribution in [0.25, 0.3) is 0 Å². The van der Waals surface area contributed by atoms with Gasteiger partial charge in [0.1, 0.15) is 5.54 Å². The van der Waals surface area contributed by atoms with Gasteiger partial charge in [-0.1, -0.05) is 13.3 Å². The molecule has 0 aromatic heterocycles. The molecule has 1 saturated carbocycles. The smallest absolute Gasteiger partial charge is 0.109 e. The van der Waals surface area contributed by atoms with Crippen molar-refractivity contribution >= 4 is 0 Å². The molecule has 0 bridgehead atoms. The Morgan fingerprint density at radius 1 is 1.45 bits per heavy atom. The van der Waals surface area contributed by atoms with Gasteiger partial charge in [-0.3, -0.25) is 10.2 Å². The Morgan fingerprint density at radius 2 is 2.25 bits per heavy atom. The second-order valence-corrected chi connectivity index (χ2v) is 6.88. The van der Waals surface area contributed by atoms with E-state index in [9.17, 15) is 5.26 Å². The molecule has 114 valence electrons. The van der Waals surface area contributed by atoms with Gasteiger partial charge >= 0.3 is 0 Å². The van der Waals surface area contributed by atoms with Gasteiger partial charge in [0.15, 0.2) is 0 Å². The largest absolute Gasteiger partial charge is 0.373 e. The molecule has 1 aliphatic carbocycles. The quantitative estimate of drug-likeness (QED) is 0.838. The normalized spacial score (nSPS) is 34.0. The van der Waals surface area contributed by atoms with Crippen LogP contribution in [-0.2, 0) is 4.74 Å². The summed E-state index contributed by atoms with van der Waals surface area (Å²) in [5, 5.41) is 13.0. The van der Waals surface area contributed by atoms with Crippen LogP contribution in [0.2, 0.25) is 0 Å². The van der Waals surface area contributed by atoms with Crippen molar-refractivity contribution in [2.75, 3.05) is 32.8 Å². The fraction of sp³-hybridized carbons (Fsp3) is 0.938. The van der Waals surface area contributed by atoms with Crippen LogP contribution in [0.1, 0.15) is 46.5 Å². The number of nitrogens with zero attached hydrogens (tertiary/aromatic N) is 2. The van der Waals surface area contributed by atoms with E-state index in [1.165, 1.54) is 12.8 Å². The fourth-order valence-corrected chi connectivity index (χ4v) is 3.85. The summed E-state index contributed by atoms with van der Waals surface area (Å²) in [6, 6.07) is 2.58. The zero-order valence-electron chi connectivity index (χ0n) is 13.2. The van der Waals surface area contributed by atoms with Crippen LogP contribution in [0.15, 0.2) is 0 Å². The first kappa shape index (κ1) is 15.8. The van der Waals surface area contributed by atoms with E-state index in [4.69, 9.17) is 4.74 Å². The van der Waals surface area contributed by atoms with E-state index in [1.54, 1.807) is 0 Å². The van der Waals surface area contributed by atoms with Gasteiger partial charge in [-0.25, -0.2) is 0 Å². The Bertz CT molecular complexity index is 363. The molecule has 2 unspecified atom stereocenters. The highest BCUT2D eigenvalue weighted by Crippen LogP contribution is 2.37. The van der Waals surface area contributed by atoms with Gasteiger partial charge in [-0.2, -0.15) is 5.26 Å². The average molecular weight is 279 g/mol. The van der Waals surface area contributed by atoms with E-state index in [1.807, 2.05) is 0 Å². The molecule has 2 fully saturated rings. The van der Waals surface area contributed by atoms with Crippen LogP contribution in [0.3, 0.4) is 0 Å². The minimum atomic E-state index is -0.267. The molecule has 20 heavy (non-hydrogen) atoms. The number of morpholine rings is 1. The van der Waals surface area contributed by atoms with Crippen molar-refractivity contribution in [2.24, 2.45) is 5.92 Å². The van der Waals surface area contributed by atoms with Crippen LogP contribution in [0.5, 0.6) is 0 Å².